The van der Waals surface area contributed by atoms with E-state index in [4.69, 9.17) is 14.8 Å². The van der Waals surface area contributed by atoms with Crippen LogP contribution in [0.1, 0.15) is 47.3 Å². The summed E-state index contributed by atoms with van der Waals surface area (Å²) in [5.41, 5.74) is 7.12. The second kappa shape index (κ2) is 8.93. The van der Waals surface area contributed by atoms with Crippen molar-refractivity contribution in [3.05, 3.63) is 88.5 Å². The number of aliphatic carboxylic acids is 1. The summed E-state index contributed by atoms with van der Waals surface area (Å²) in [5.74, 6) is 0.555. The summed E-state index contributed by atoms with van der Waals surface area (Å²) in [4.78, 5) is 15.8. The number of nitrogens with zero attached hydrogens (tertiary/aromatic N) is 2. The highest BCUT2D eigenvalue weighted by molar-refractivity contribution is 5.79. The van der Waals surface area contributed by atoms with Gasteiger partial charge in [0.15, 0.2) is 0 Å². The maximum absolute atomic E-state index is 14.0. The number of halogens is 1. The van der Waals surface area contributed by atoms with Gasteiger partial charge in [-0.2, -0.15) is 0 Å². The zero-order valence-electron chi connectivity index (χ0n) is 19.3. The van der Waals surface area contributed by atoms with Gasteiger partial charge in [-0.15, -0.1) is 0 Å². The van der Waals surface area contributed by atoms with Crippen LogP contribution in [-0.2, 0) is 24.1 Å². The van der Waals surface area contributed by atoms with Gasteiger partial charge in [-0.05, 0) is 60.7 Å². The lowest BCUT2D eigenvalue weighted by Crippen LogP contribution is -2.07. The third-order valence-corrected chi connectivity index (χ3v) is 6.72. The van der Waals surface area contributed by atoms with Gasteiger partial charge in [-0.3, -0.25) is 9.36 Å². The van der Waals surface area contributed by atoms with Crippen molar-refractivity contribution < 1.29 is 19.0 Å². The highest BCUT2D eigenvalue weighted by Gasteiger charge is 2.26. The van der Waals surface area contributed by atoms with Crippen LogP contribution in [0.3, 0.4) is 0 Å². The Balaban J connectivity index is 1.41. The Bertz CT molecular complexity index is 1390. The minimum Gasteiger partial charge on any atom is -0.493 e. The van der Waals surface area contributed by atoms with Gasteiger partial charge in [0.2, 0.25) is 0 Å². The van der Waals surface area contributed by atoms with Crippen LogP contribution < -0.4 is 4.74 Å². The van der Waals surface area contributed by atoms with Crippen molar-refractivity contribution in [1.82, 2.24) is 9.55 Å². The van der Waals surface area contributed by atoms with E-state index in [9.17, 15) is 9.18 Å². The van der Waals surface area contributed by atoms with Crippen LogP contribution in [0.25, 0.3) is 16.7 Å². The molecule has 2 heterocycles. The highest BCUT2D eigenvalue weighted by Crippen LogP contribution is 2.37. The molecular weight excluding hydrogens is 431 g/mol. The molecule has 0 aliphatic carbocycles. The minimum absolute atomic E-state index is 0.0805. The van der Waals surface area contributed by atoms with Gasteiger partial charge in [-0.25, -0.2) is 9.37 Å². The van der Waals surface area contributed by atoms with Crippen LogP contribution in [0.2, 0.25) is 0 Å². The quantitative estimate of drug-likeness (QED) is 0.382. The predicted molar refractivity (Wildman–Crippen MR) is 129 cm³/mol. The zero-order valence-corrected chi connectivity index (χ0v) is 19.3. The zero-order chi connectivity index (χ0) is 23.8. The number of aromatic nitrogens is 2. The van der Waals surface area contributed by atoms with Crippen molar-refractivity contribution in [2.75, 3.05) is 6.61 Å². The lowest BCUT2D eigenvalue weighted by Gasteiger charge is -2.15. The molecule has 34 heavy (non-hydrogen) atoms. The number of ether oxygens (including phenoxy) is 1. The Morgan fingerprint density at radius 2 is 2.03 bits per heavy atom. The standard InChI is InChI=1S/C28H27FN2O3/c1-3-27-30-23-12-10-21(29)15-25(23)31(27)24-6-4-5-19(17(24)2)9-7-18-8-11-22-20(14-28(32)33)16-34-26(22)13-18/h4-6,8,10-13,15,20H,3,7,9,14,16H2,1-2H3,(H,32,33)/t20-/m1/s1. The van der Waals surface area contributed by atoms with Crippen LogP contribution in [0.15, 0.2) is 54.6 Å². The summed E-state index contributed by atoms with van der Waals surface area (Å²) in [6, 6.07) is 17.1. The molecule has 0 amide bonds. The fourth-order valence-electron chi connectivity index (χ4n) is 4.92. The topological polar surface area (TPSA) is 64.4 Å². The summed E-state index contributed by atoms with van der Waals surface area (Å²) in [7, 11) is 0. The summed E-state index contributed by atoms with van der Waals surface area (Å²) >= 11 is 0. The first kappa shape index (κ1) is 22.1. The van der Waals surface area contributed by atoms with E-state index in [2.05, 4.69) is 36.6 Å². The number of rotatable bonds is 7. The average Bonchev–Trinajstić information content (AvgIpc) is 3.38. The van der Waals surface area contributed by atoms with Crippen molar-refractivity contribution in [2.24, 2.45) is 0 Å². The van der Waals surface area contributed by atoms with E-state index < -0.39 is 5.97 Å². The highest BCUT2D eigenvalue weighted by atomic mass is 19.1. The minimum atomic E-state index is -0.805. The lowest BCUT2D eigenvalue weighted by molar-refractivity contribution is -0.137. The second-order valence-corrected chi connectivity index (χ2v) is 8.89. The Kier molecular flexibility index (Phi) is 5.82. The molecule has 1 aliphatic rings. The third kappa shape index (κ3) is 4.04. The molecule has 1 N–H and O–H groups in total. The van der Waals surface area contributed by atoms with Gasteiger partial charge in [0.25, 0.3) is 0 Å². The average molecular weight is 459 g/mol. The SMILES string of the molecule is CCc1nc2ccc(F)cc2n1-c1cccc(CCc2ccc3c(c2)OC[C@H]3CC(=O)O)c1C. The van der Waals surface area contributed by atoms with Crippen molar-refractivity contribution in [1.29, 1.82) is 0 Å². The molecule has 1 aromatic heterocycles. The summed E-state index contributed by atoms with van der Waals surface area (Å²) < 4.78 is 21.9. The summed E-state index contributed by atoms with van der Waals surface area (Å²) in [6.45, 7) is 4.59. The molecule has 4 aromatic rings. The molecule has 0 spiro atoms. The maximum atomic E-state index is 14.0. The summed E-state index contributed by atoms with van der Waals surface area (Å²) in [6.07, 6.45) is 2.52. The fourth-order valence-corrected chi connectivity index (χ4v) is 4.92. The molecule has 6 heteroatoms. The Hall–Kier alpha value is -3.67. The number of carboxylic acid groups (broad SMARTS) is 1. The number of carbonyl (C=O) groups is 1. The van der Waals surface area contributed by atoms with Crippen LogP contribution in [0, 0.1) is 12.7 Å². The van der Waals surface area contributed by atoms with Gasteiger partial charge >= 0.3 is 5.97 Å². The molecule has 0 unspecified atom stereocenters. The number of aryl methyl sites for hydroxylation is 3. The molecule has 0 bridgehead atoms. The molecule has 1 atom stereocenters. The van der Waals surface area contributed by atoms with Crippen LogP contribution >= 0.6 is 0 Å². The molecule has 0 fully saturated rings. The molecular formula is C28H27FN2O3. The van der Waals surface area contributed by atoms with E-state index in [1.165, 1.54) is 11.6 Å². The van der Waals surface area contributed by atoms with Gasteiger partial charge in [0.05, 0.1) is 29.7 Å². The predicted octanol–water partition coefficient (Wildman–Crippen LogP) is 5.77. The molecule has 5 nitrogen and oxygen atoms in total. The summed E-state index contributed by atoms with van der Waals surface area (Å²) in [5, 5.41) is 9.11. The Labute approximate surface area is 197 Å². The maximum Gasteiger partial charge on any atom is 0.304 e. The van der Waals surface area contributed by atoms with E-state index in [-0.39, 0.29) is 18.2 Å². The van der Waals surface area contributed by atoms with Crippen molar-refractivity contribution >= 4 is 17.0 Å². The number of imidazole rings is 1. The first-order valence-electron chi connectivity index (χ1n) is 11.7. The lowest BCUT2D eigenvalue weighted by atomic mass is 9.94. The van der Waals surface area contributed by atoms with E-state index >= 15 is 0 Å². The molecule has 1 aliphatic heterocycles. The van der Waals surface area contributed by atoms with E-state index in [1.807, 2.05) is 18.2 Å². The van der Waals surface area contributed by atoms with Crippen molar-refractivity contribution in [2.45, 2.75) is 45.4 Å². The Morgan fingerprint density at radius 3 is 2.82 bits per heavy atom. The molecule has 0 radical (unpaired) electrons. The number of carboxylic acids is 1. The largest absolute Gasteiger partial charge is 0.493 e. The van der Waals surface area contributed by atoms with Crippen LogP contribution in [-0.4, -0.2) is 27.2 Å². The first-order chi connectivity index (χ1) is 16.4. The smallest absolute Gasteiger partial charge is 0.304 e. The van der Waals surface area contributed by atoms with Crippen LogP contribution in [0.4, 0.5) is 4.39 Å². The monoisotopic (exact) mass is 458 g/mol. The van der Waals surface area contributed by atoms with E-state index in [0.717, 1.165) is 64.2 Å². The van der Waals surface area contributed by atoms with Crippen LogP contribution in [0.5, 0.6) is 5.75 Å². The third-order valence-electron chi connectivity index (χ3n) is 6.72. The fraction of sp³-hybridized carbons (Fsp3) is 0.286. The number of hydrogen-bond donors (Lipinski definition) is 1. The van der Waals surface area contributed by atoms with E-state index in [1.54, 1.807) is 12.1 Å². The second-order valence-electron chi connectivity index (χ2n) is 8.89. The van der Waals surface area contributed by atoms with Crippen molar-refractivity contribution in [3.8, 4) is 11.4 Å². The Morgan fingerprint density at radius 1 is 1.18 bits per heavy atom. The molecule has 0 saturated heterocycles. The number of fused-ring (bicyclic) bond motifs is 2. The van der Waals surface area contributed by atoms with Gasteiger partial charge in [0.1, 0.15) is 17.4 Å². The van der Waals surface area contributed by atoms with Gasteiger partial charge < -0.3 is 9.84 Å². The first-order valence-corrected chi connectivity index (χ1v) is 11.7. The number of hydrogen-bond acceptors (Lipinski definition) is 3. The molecule has 5 rings (SSSR count). The van der Waals surface area contributed by atoms with Crippen molar-refractivity contribution in [3.63, 3.8) is 0 Å². The van der Waals surface area contributed by atoms with Gasteiger partial charge in [0, 0.05) is 24.0 Å². The molecule has 0 saturated carbocycles. The van der Waals surface area contributed by atoms with Gasteiger partial charge in [-0.1, -0.05) is 31.2 Å². The molecule has 3 aromatic carbocycles. The molecule has 174 valence electrons. The normalized spacial score (nSPS) is 14.9. The number of benzene rings is 3. The van der Waals surface area contributed by atoms with E-state index in [0.29, 0.717) is 6.61 Å².